The molecule has 1 nitrogen and oxygen atoms in total. The third-order valence-electron chi connectivity index (χ3n) is 2.86. The van der Waals surface area contributed by atoms with E-state index in [2.05, 4.69) is 0 Å². The number of hydrogen-bond acceptors (Lipinski definition) is 1. The number of rotatable bonds is 2. The number of ketones is 1. The molecule has 0 saturated carbocycles. The summed E-state index contributed by atoms with van der Waals surface area (Å²) in [4.78, 5) is 12.0. The third kappa shape index (κ3) is 1.84. The first-order chi connectivity index (χ1) is 7.24. The van der Waals surface area contributed by atoms with Gasteiger partial charge in [0.2, 0.25) is 0 Å². The lowest BCUT2D eigenvalue weighted by atomic mass is 10.0. The molecule has 0 spiro atoms. The summed E-state index contributed by atoms with van der Waals surface area (Å²) < 4.78 is 0. The monoisotopic (exact) mass is 220 g/mol. The second-order valence-electron chi connectivity index (χ2n) is 3.84. The fourth-order valence-corrected chi connectivity index (χ4v) is 2.30. The maximum absolute atomic E-state index is 12.0. The molecule has 2 rings (SSSR count). The van der Waals surface area contributed by atoms with Gasteiger partial charge in [-0.25, -0.2) is 0 Å². The summed E-state index contributed by atoms with van der Waals surface area (Å²) in [5, 5.41) is 0.726. The van der Waals surface area contributed by atoms with Crippen LogP contribution in [0.4, 0.5) is 0 Å². The van der Waals surface area contributed by atoms with Crippen molar-refractivity contribution >= 4 is 17.4 Å². The van der Waals surface area contributed by atoms with Gasteiger partial charge in [-0.15, -0.1) is 0 Å². The average molecular weight is 221 g/mol. The zero-order chi connectivity index (χ0) is 10.8. The van der Waals surface area contributed by atoms with E-state index in [9.17, 15) is 4.79 Å². The Kier molecular flexibility index (Phi) is 2.92. The quantitative estimate of drug-likeness (QED) is 0.696. The molecule has 0 amide bonds. The van der Waals surface area contributed by atoms with Crippen molar-refractivity contribution in [3.05, 3.63) is 46.5 Å². The van der Waals surface area contributed by atoms with Gasteiger partial charge >= 0.3 is 0 Å². The molecule has 78 valence electrons. The lowest BCUT2D eigenvalue weighted by Crippen LogP contribution is -2.07. The number of carbonyl (C=O) groups is 1. The van der Waals surface area contributed by atoms with E-state index in [0.29, 0.717) is 0 Å². The Hall–Kier alpha value is -1.08. The van der Waals surface area contributed by atoms with Gasteiger partial charge < -0.3 is 0 Å². The Balaban J connectivity index is 2.29. The van der Waals surface area contributed by atoms with Crippen LogP contribution in [0.3, 0.4) is 0 Å². The van der Waals surface area contributed by atoms with Gasteiger partial charge in [0.25, 0.3) is 0 Å². The molecule has 0 fully saturated rings. The molecule has 1 aliphatic carbocycles. The summed E-state index contributed by atoms with van der Waals surface area (Å²) in [6, 6.07) is 5.57. The van der Waals surface area contributed by atoms with Crippen molar-refractivity contribution in [2.24, 2.45) is 5.92 Å². The summed E-state index contributed by atoms with van der Waals surface area (Å²) in [6.07, 6.45) is 5.64. The maximum atomic E-state index is 12.0. The predicted octanol–water partition coefficient (Wildman–Crippen LogP) is 3.66. The number of carbonyl (C=O) groups excluding carboxylic acids is 1. The Labute approximate surface area is 94.8 Å². The Bertz CT molecular complexity index is 421. The highest BCUT2D eigenvalue weighted by molar-refractivity contribution is 6.32. The van der Waals surface area contributed by atoms with E-state index in [0.717, 1.165) is 29.0 Å². The van der Waals surface area contributed by atoms with E-state index in [4.69, 9.17) is 11.6 Å². The van der Waals surface area contributed by atoms with Crippen molar-refractivity contribution < 1.29 is 4.79 Å². The minimum Gasteiger partial charge on any atom is -0.294 e. The second kappa shape index (κ2) is 4.19. The van der Waals surface area contributed by atoms with Crippen LogP contribution in [-0.4, -0.2) is 5.78 Å². The van der Waals surface area contributed by atoms with Gasteiger partial charge in [0.1, 0.15) is 0 Å². The Morgan fingerprint density at radius 1 is 1.53 bits per heavy atom. The summed E-state index contributed by atoms with van der Waals surface area (Å²) in [5.74, 6) is 0.335. The molecule has 0 heterocycles. The number of Topliss-reactive ketones (excluding diaryl/α,β-unsaturated/α-hetero) is 1. The lowest BCUT2D eigenvalue weighted by molar-refractivity contribution is 0.0938. The summed E-state index contributed by atoms with van der Waals surface area (Å²) in [7, 11) is 0. The van der Waals surface area contributed by atoms with Gasteiger partial charge in [-0.1, -0.05) is 35.9 Å². The fourth-order valence-electron chi connectivity index (χ4n) is 2.05. The number of hydrogen-bond donors (Lipinski definition) is 0. The van der Waals surface area contributed by atoms with Gasteiger partial charge in [-0.3, -0.25) is 4.79 Å². The van der Waals surface area contributed by atoms with Crippen LogP contribution in [0.15, 0.2) is 30.4 Å². The van der Waals surface area contributed by atoms with Crippen molar-refractivity contribution in [2.45, 2.75) is 19.8 Å². The fraction of sp³-hybridized carbons (Fsp3) is 0.308. The van der Waals surface area contributed by atoms with Crippen molar-refractivity contribution in [2.75, 3.05) is 0 Å². The molecule has 0 N–H and O–H groups in total. The molecular formula is C13H13ClO. The van der Waals surface area contributed by atoms with Crippen molar-refractivity contribution in [3.63, 3.8) is 0 Å². The minimum absolute atomic E-state index is 0.0936. The van der Waals surface area contributed by atoms with Gasteiger partial charge in [0, 0.05) is 16.5 Å². The topological polar surface area (TPSA) is 17.1 Å². The van der Waals surface area contributed by atoms with Crippen molar-refractivity contribution in [1.82, 2.24) is 0 Å². The third-order valence-corrected chi connectivity index (χ3v) is 3.22. The largest absolute Gasteiger partial charge is 0.294 e. The number of benzene rings is 1. The molecule has 2 heteroatoms. The van der Waals surface area contributed by atoms with Crippen LogP contribution in [0.2, 0.25) is 5.02 Å². The summed E-state index contributed by atoms with van der Waals surface area (Å²) in [6.45, 7) is 1.97. The zero-order valence-electron chi connectivity index (χ0n) is 8.66. The summed E-state index contributed by atoms with van der Waals surface area (Å²) >= 11 is 6.06. The molecule has 0 aromatic heterocycles. The molecule has 1 aromatic rings. The zero-order valence-corrected chi connectivity index (χ0v) is 9.42. The lowest BCUT2D eigenvalue weighted by Gasteiger charge is -2.02. The van der Waals surface area contributed by atoms with E-state index < -0.39 is 0 Å². The van der Waals surface area contributed by atoms with Crippen molar-refractivity contribution in [1.29, 1.82) is 0 Å². The van der Waals surface area contributed by atoms with Gasteiger partial charge in [0.05, 0.1) is 0 Å². The molecule has 15 heavy (non-hydrogen) atoms. The van der Waals surface area contributed by atoms with E-state index in [1.165, 1.54) is 0 Å². The highest BCUT2D eigenvalue weighted by Gasteiger charge is 2.30. The van der Waals surface area contributed by atoms with Gasteiger partial charge in [-0.05, 0) is 31.4 Å². The normalized spacial score (nSPS) is 19.9. The first kappa shape index (κ1) is 10.4. The van der Waals surface area contributed by atoms with Gasteiger partial charge in [0.15, 0.2) is 5.78 Å². The van der Waals surface area contributed by atoms with Crippen LogP contribution >= 0.6 is 11.6 Å². The number of halogens is 1. The second-order valence-corrected chi connectivity index (χ2v) is 4.24. The average Bonchev–Trinajstić information content (AvgIpc) is 2.55. The highest BCUT2D eigenvalue weighted by atomic mass is 35.5. The van der Waals surface area contributed by atoms with E-state index >= 15 is 0 Å². The van der Waals surface area contributed by atoms with Crippen molar-refractivity contribution in [3.8, 4) is 0 Å². The highest BCUT2D eigenvalue weighted by Crippen LogP contribution is 2.33. The van der Waals surface area contributed by atoms with Crippen LogP contribution in [0.1, 0.15) is 29.3 Å². The molecule has 1 atom stereocenters. The standard InChI is InChI=1S/C13H13ClO/c1-2-3-5-9-8-11-10(13(9)15)6-4-7-12(11)14/h2-4,6-7,9H,5,8H2,1H3/b3-2+. The molecular weight excluding hydrogens is 208 g/mol. The van der Waals surface area contributed by atoms with Crippen LogP contribution in [-0.2, 0) is 6.42 Å². The molecule has 1 unspecified atom stereocenters. The first-order valence-corrected chi connectivity index (χ1v) is 5.54. The molecule has 0 radical (unpaired) electrons. The van der Waals surface area contributed by atoms with Crippen LogP contribution in [0.5, 0.6) is 0 Å². The number of fused-ring (bicyclic) bond motifs is 1. The van der Waals surface area contributed by atoms with Crippen LogP contribution in [0, 0.1) is 5.92 Å². The van der Waals surface area contributed by atoms with Crippen LogP contribution in [0.25, 0.3) is 0 Å². The SMILES string of the molecule is C/C=C/CC1Cc2c(Cl)cccc2C1=O. The number of allylic oxidation sites excluding steroid dienone is 2. The molecule has 1 aliphatic rings. The molecule has 0 bridgehead atoms. The molecule has 0 aliphatic heterocycles. The first-order valence-electron chi connectivity index (χ1n) is 5.16. The van der Waals surface area contributed by atoms with E-state index in [1.54, 1.807) is 0 Å². The maximum Gasteiger partial charge on any atom is 0.166 e. The Morgan fingerprint density at radius 2 is 2.33 bits per heavy atom. The van der Waals surface area contributed by atoms with Crippen LogP contribution < -0.4 is 0 Å². The smallest absolute Gasteiger partial charge is 0.166 e. The predicted molar refractivity (Wildman–Crippen MR) is 62.4 cm³/mol. The summed E-state index contributed by atoms with van der Waals surface area (Å²) in [5.41, 5.74) is 1.84. The van der Waals surface area contributed by atoms with E-state index in [-0.39, 0.29) is 11.7 Å². The molecule has 1 aromatic carbocycles. The van der Waals surface area contributed by atoms with Gasteiger partial charge in [-0.2, -0.15) is 0 Å². The minimum atomic E-state index is 0.0936. The Morgan fingerprint density at radius 3 is 3.00 bits per heavy atom. The van der Waals surface area contributed by atoms with E-state index in [1.807, 2.05) is 37.3 Å². The molecule has 0 saturated heterocycles.